The molecular weight excluding hydrogens is 534 g/mol. The number of likely N-dealkylation sites (tertiary alicyclic amines) is 1. The van der Waals surface area contributed by atoms with Crippen molar-refractivity contribution < 1.29 is 32.6 Å². The highest BCUT2D eigenvalue weighted by molar-refractivity contribution is 5.95. The molecule has 3 aromatic rings. The first-order valence-corrected chi connectivity index (χ1v) is 13.5. The quantitative estimate of drug-likeness (QED) is 0.261. The molecule has 1 aliphatic heterocycles. The first-order chi connectivity index (χ1) is 19.4. The third kappa shape index (κ3) is 6.11. The fraction of sp³-hybridized carbons (Fsp3) is 0.387. The van der Waals surface area contributed by atoms with E-state index in [0.29, 0.717) is 6.42 Å². The van der Waals surface area contributed by atoms with E-state index in [0.717, 1.165) is 30.0 Å². The Morgan fingerprint density at radius 2 is 1.83 bits per heavy atom. The molecule has 10 heteroatoms. The molecule has 0 bridgehead atoms. The summed E-state index contributed by atoms with van der Waals surface area (Å²) in [6.07, 6.45) is 2.61. The standard InChI is InChI=1S/C31H32F2N2O6/c1-18-12-21(35(14-18)30(38)41-31(2,3)4)17-39-28-25(33)24(32)13-22-26(28)34(20-10-11-20)15-23(27(22)36)29(37)40-16-19-8-6-5-7-9-19/h5-9,13,15,20-21H,1,10-12,14,16-17H2,2-4H3/t21-/m0/s1. The fourth-order valence-electron chi connectivity index (χ4n) is 4.89. The van der Waals surface area contributed by atoms with Gasteiger partial charge < -0.3 is 18.8 Å². The molecule has 1 aliphatic carbocycles. The van der Waals surface area contributed by atoms with Gasteiger partial charge in [-0.3, -0.25) is 9.69 Å². The number of halogens is 2. The Morgan fingerprint density at radius 1 is 1.12 bits per heavy atom. The molecule has 0 N–H and O–H groups in total. The molecule has 216 valence electrons. The highest BCUT2D eigenvalue weighted by Gasteiger charge is 2.36. The highest BCUT2D eigenvalue weighted by Crippen LogP contribution is 2.41. The second kappa shape index (κ2) is 11.0. The van der Waals surface area contributed by atoms with Crippen molar-refractivity contribution in [3.8, 4) is 5.75 Å². The Labute approximate surface area is 236 Å². The Balaban J connectivity index is 1.48. The molecule has 5 rings (SSSR count). The van der Waals surface area contributed by atoms with E-state index in [-0.39, 0.29) is 42.3 Å². The molecule has 2 aliphatic rings. The molecule has 1 aromatic heterocycles. The molecular formula is C31H32F2N2O6. The average molecular weight is 567 g/mol. The summed E-state index contributed by atoms with van der Waals surface area (Å²) in [5.74, 6) is -3.86. The predicted molar refractivity (Wildman–Crippen MR) is 148 cm³/mol. The topological polar surface area (TPSA) is 87.1 Å². The van der Waals surface area contributed by atoms with Gasteiger partial charge in [-0.2, -0.15) is 4.39 Å². The number of ether oxygens (including phenoxy) is 3. The lowest BCUT2D eigenvalue weighted by Gasteiger charge is -2.28. The molecule has 2 aromatic carbocycles. The summed E-state index contributed by atoms with van der Waals surface area (Å²) >= 11 is 0. The van der Waals surface area contributed by atoms with Gasteiger partial charge in [0.1, 0.15) is 24.4 Å². The van der Waals surface area contributed by atoms with Gasteiger partial charge in [0.25, 0.3) is 0 Å². The van der Waals surface area contributed by atoms with Gasteiger partial charge in [-0.25, -0.2) is 14.0 Å². The van der Waals surface area contributed by atoms with Crippen LogP contribution in [0.3, 0.4) is 0 Å². The van der Waals surface area contributed by atoms with Crippen LogP contribution in [0.4, 0.5) is 13.6 Å². The molecule has 1 saturated carbocycles. The number of benzene rings is 2. The summed E-state index contributed by atoms with van der Waals surface area (Å²) in [4.78, 5) is 40.6. The van der Waals surface area contributed by atoms with Gasteiger partial charge in [0, 0.05) is 18.8 Å². The Morgan fingerprint density at radius 3 is 2.49 bits per heavy atom. The molecule has 2 heterocycles. The lowest BCUT2D eigenvalue weighted by atomic mass is 10.1. The van der Waals surface area contributed by atoms with Crippen molar-refractivity contribution in [1.29, 1.82) is 0 Å². The van der Waals surface area contributed by atoms with Gasteiger partial charge >= 0.3 is 12.1 Å². The van der Waals surface area contributed by atoms with E-state index in [1.807, 2.05) is 6.07 Å². The van der Waals surface area contributed by atoms with Gasteiger partial charge in [-0.05, 0) is 51.7 Å². The Kier molecular flexibility index (Phi) is 7.59. The normalized spacial score (nSPS) is 17.1. The number of amides is 1. The first-order valence-electron chi connectivity index (χ1n) is 13.5. The SMILES string of the molecule is C=C1C[C@@H](COc2c(F)c(F)cc3c(=O)c(C(=O)OCc4ccccc4)cn(C4CC4)c23)N(C(=O)OC(C)(C)C)C1. The van der Waals surface area contributed by atoms with Gasteiger partial charge in [-0.1, -0.05) is 42.5 Å². The van der Waals surface area contributed by atoms with Crippen LogP contribution in [0, 0.1) is 11.6 Å². The number of esters is 1. The summed E-state index contributed by atoms with van der Waals surface area (Å²) in [5, 5.41) is -0.195. The highest BCUT2D eigenvalue weighted by atomic mass is 19.2. The number of pyridine rings is 1. The number of hydrogen-bond donors (Lipinski definition) is 0. The number of aromatic nitrogens is 1. The summed E-state index contributed by atoms with van der Waals surface area (Å²) in [6, 6.07) is 9.10. The second-order valence-corrected chi connectivity index (χ2v) is 11.5. The van der Waals surface area contributed by atoms with E-state index in [1.165, 1.54) is 11.1 Å². The number of hydrogen-bond acceptors (Lipinski definition) is 6. The van der Waals surface area contributed by atoms with E-state index in [4.69, 9.17) is 14.2 Å². The number of carbonyl (C=O) groups excluding carboxylic acids is 2. The molecule has 0 unspecified atom stereocenters. The minimum atomic E-state index is -1.29. The summed E-state index contributed by atoms with van der Waals surface area (Å²) < 4.78 is 48.5. The number of fused-ring (bicyclic) bond motifs is 1. The van der Waals surface area contributed by atoms with E-state index in [9.17, 15) is 18.8 Å². The van der Waals surface area contributed by atoms with Crippen LogP contribution in [0.15, 0.2) is 59.5 Å². The summed E-state index contributed by atoms with van der Waals surface area (Å²) in [7, 11) is 0. The van der Waals surface area contributed by atoms with E-state index < -0.39 is 46.5 Å². The van der Waals surface area contributed by atoms with Crippen molar-refractivity contribution in [3.63, 3.8) is 0 Å². The minimum absolute atomic E-state index is 0.0481. The van der Waals surface area contributed by atoms with Crippen LogP contribution in [0.2, 0.25) is 0 Å². The van der Waals surface area contributed by atoms with Gasteiger partial charge in [-0.15, -0.1) is 0 Å². The van der Waals surface area contributed by atoms with Gasteiger partial charge in [0.2, 0.25) is 11.2 Å². The summed E-state index contributed by atoms with van der Waals surface area (Å²) in [5.41, 5.74) is -0.233. The van der Waals surface area contributed by atoms with E-state index in [1.54, 1.807) is 49.6 Å². The Hall–Kier alpha value is -4.21. The smallest absolute Gasteiger partial charge is 0.410 e. The first kappa shape index (κ1) is 28.3. The van der Waals surface area contributed by atoms with E-state index >= 15 is 4.39 Å². The number of rotatable bonds is 7. The van der Waals surface area contributed by atoms with Crippen molar-refractivity contribution in [3.05, 3.63) is 87.7 Å². The summed E-state index contributed by atoms with van der Waals surface area (Å²) in [6.45, 7) is 9.22. The molecule has 0 spiro atoms. The maximum absolute atomic E-state index is 15.3. The molecule has 41 heavy (non-hydrogen) atoms. The number of nitrogens with zero attached hydrogens (tertiary/aromatic N) is 2. The molecule has 1 saturated heterocycles. The molecule has 1 atom stereocenters. The van der Waals surface area contributed by atoms with Crippen LogP contribution < -0.4 is 10.2 Å². The molecule has 1 amide bonds. The molecule has 8 nitrogen and oxygen atoms in total. The third-order valence-electron chi connectivity index (χ3n) is 6.95. The van der Waals surface area contributed by atoms with Crippen LogP contribution >= 0.6 is 0 Å². The monoisotopic (exact) mass is 566 g/mol. The largest absolute Gasteiger partial charge is 0.486 e. The van der Waals surface area contributed by atoms with Gasteiger partial charge in [0.15, 0.2) is 11.6 Å². The maximum atomic E-state index is 15.3. The van der Waals surface area contributed by atoms with Crippen molar-refractivity contribution in [2.24, 2.45) is 0 Å². The van der Waals surface area contributed by atoms with Crippen LogP contribution in [-0.2, 0) is 16.1 Å². The zero-order valence-corrected chi connectivity index (χ0v) is 23.2. The maximum Gasteiger partial charge on any atom is 0.410 e. The average Bonchev–Trinajstić information content (AvgIpc) is 3.69. The zero-order chi connectivity index (χ0) is 29.5. The molecule has 0 radical (unpaired) electrons. The van der Waals surface area contributed by atoms with Gasteiger partial charge in [0.05, 0.1) is 16.9 Å². The van der Waals surface area contributed by atoms with Crippen LogP contribution in [0.25, 0.3) is 10.9 Å². The third-order valence-corrected chi connectivity index (χ3v) is 6.95. The van der Waals surface area contributed by atoms with Crippen molar-refractivity contribution >= 4 is 23.0 Å². The fourth-order valence-corrected chi connectivity index (χ4v) is 4.89. The second-order valence-electron chi connectivity index (χ2n) is 11.5. The van der Waals surface area contributed by atoms with E-state index in [2.05, 4.69) is 6.58 Å². The lowest BCUT2D eigenvalue weighted by molar-refractivity contribution is 0.0189. The van der Waals surface area contributed by atoms with Crippen LogP contribution in [0.1, 0.15) is 62.0 Å². The van der Waals surface area contributed by atoms with Crippen molar-refractivity contribution in [1.82, 2.24) is 9.47 Å². The Bertz CT molecular complexity index is 1570. The molecule has 2 fully saturated rings. The predicted octanol–water partition coefficient (Wildman–Crippen LogP) is 5.92. The lowest BCUT2D eigenvalue weighted by Crippen LogP contribution is -2.42. The zero-order valence-electron chi connectivity index (χ0n) is 23.2. The number of carbonyl (C=O) groups is 2. The van der Waals surface area contributed by atoms with Crippen LogP contribution in [-0.4, -0.2) is 46.3 Å². The van der Waals surface area contributed by atoms with Crippen LogP contribution in [0.5, 0.6) is 5.75 Å². The van der Waals surface area contributed by atoms with Crippen molar-refractivity contribution in [2.75, 3.05) is 13.2 Å². The van der Waals surface area contributed by atoms with Crippen molar-refractivity contribution in [2.45, 2.75) is 64.3 Å². The minimum Gasteiger partial charge on any atom is -0.486 e.